The Morgan fingerprint density at radius 1 is 1.36 bits per heavy atom. The smallest absolute Gasteiger partial charge is 0.288 e. The van der Waals surface area contributed by atoms with Crippen molar-refractivity contribution < 1.29 is 4.68 Å². The number of nitrogens with one attached hydrogen (secondary N) is 1. The normalized spacial score (nSPS) is 16.0. The SMILES string of the molecule is C=C(CC[C]1C=[N+](C(C)C)N=N1)NCCCC[C@H](N)C(=C)C. The van der Waals surface area contributed by atoms with Gasteiger partial charge in [-0.1, -0.05) is 18.7 Å². The van der Waals surface area contributed by atoms with Crippen LogP contribution in [0.25, 0.3) is 0 Å². The van der Waals surface area contributed by atoms with Crippen LogP contribution in [0.3, 0.4) is 0 Å². The molecule has 1 radical (unpaired) electrons. The van der Waals surface area contributed by atoms with Crippen LogP contribution in [0.1, 0.15) is 52.9 Å². The van der Waals surface area contributed by atoms with Crippen molar-refractivity contribution in [2.75, 3.05) is 6.54 Å². The van der Waals surface area contributed by atoms with Gasteiger partial charge in [-0.2, -0.15) is 0 Å². The summed E-state index contributed by atoms with van der Waals surface area (Å²) >= 11 is 0. The van der Waals surface area contributed by atoms with Gasteiger partial charge in [0, 0.05) is 24.7 Å². The van der Waals surface area contributed by atoms with E-state index in [0.717, 1.165) is 56.0 Å². The van der Waals surface area contributed by atoms with Gasteiger partial charge < -0.3 is 11.1 Å². The van der Waals surface area contributed by atoms with E-state index in [9.17, 15) is 0 Å². The van der Waals surface area contributed by atoms with E-state index in [2.05, 4.69) is 42.7 Å². The minimum absolute atomic E-state index is 0.131. The second kappa shape index (κ2) is 9.51. The molecule has 0 saturated carbocycles. The Labute approximate surface area is 135 Å². The quantitative estimate of drug-likeness (QED) is 0.349. The minimum Gasteiger partial charge on any atom is -0.389 e. The van der Waals surface area contributed by atoms with Crippen LogP contribution in [0.5, 0.6) is 0 Å². The second-order valence-corrected chi connectivity index (χ2v) is 6.26. The van der Waals surface area contributed by atoms with Gasteiger partial charge >= 0.3 is 0 Å². The van der Waals surface area contributed by atoms with Crippen molar-refractivity contribution in [3.8, 4) is 0 Å². The lowest BCUT2D eigenvalue weighted by Gasteiger charge is -2.12. The van der Waals surface area contributed by atoms with Crippen LogP contribution >= 0.6 is 0 Å². The van der Waals surface area contributed by atoms with Crippen LogP contribution in [0, 0.1) is 6.04 Å². The van der Waals surface area contributed by atoms with Crippen molar-refractivity contribution in [2.45, 2.75) is 65.0 Å². The minimum atomic E-state index is 0.131. The highest BCUT2D eigenvalue weighted by Gasteiger charge is 2.25. The molecule has 3 N–H and O–H groups in total. The predicted molar refractivity (Wildman–Crippen MR) is 92.6 cm³/mol. The van der Waals surface area contributed by atoms with Gasteiger partial charge in [0.15, 0.2) is 6.21 Å². The highest BCUT2D eigenvalue weighted by molar-refractivity contribution is 5.69. The zero-order chi connectivity index (χ0) is 16.5. The standard InChI is InChI=1S/C17H31N5/c1-13(2)17(18)8-6-7-11-19-15(5)9-10-16-12-22(14(3)4)21-20-16/h12,14,17,19H,1,5-11,18H2,2-4H3/q+1/t17-/m0/s1. The van der Waals surface area contributed by atoms with Gasteiger partial charge in [-0.25, -0.2) is 0 Å². The number of allylic oxidation sites excluding steroid dienone is 1. The lowest BCUT2D eigenvalue weighted by atomic mass is 10.0. The summed E-state index contributed by atoms with van der Waals surface area (Å²) in [6, 6.07) is 1.50. The molecule has 0 aliphatic carbocycles. The summed E-state index contributed by atoms with van der Waals surface area (Å²) in [5.74, 6) is 0. The maximum Gasteiger partial charge on any atom is 0.288 e. The zero-order valence-corrected chi connectivity index (χ0v) is 14.3. The van der Waals surface area contributed by atoms with Crippen LogP contribution in [0.2, 0.25) is 0 Å². The first-order valence-corrected chi connectivity index (χ1v) is 8.13. The summed E-state index contributed by atoms with van der Waals surface area (Å²) in [5.41, 5.74) is 8.06. The Kier molecular flexibility index (Phi) is 8.02. The molecule has 0 spiro atoms. The van der Waals surface area contributed by atoms with E-state index in [1.807, 2.05) is 17.8 Å². The molecule has 0 fully saturated rings. The van der Waals surface area contributed by atoms with Crippen molar-refractivity contribution in [3.05, 3.63) is 30.5 Å². The fourth-order valence-electron chi connectivity index (χ4n) is 2.05. The molecule has 0 aromatic heterocycles. The Balaban J connectivity index is 2.08. The van der Waals surface area contributed by atoms with Gasteiger partial charge in [-0.05, 0) is 46.5 Å². The van der Waals surface area contributed by atoms with Crippen molar-refractivity contribution in [2.24, 2.45) is 16.1 Å². The van der Waals surface area contributed by atoms with E-state index in [1.165, 1.54) is 0 Å². The molecule has 1 rings (SSSR count). The zero-order valence-electron chi connectivity index (χ0n) is 14.3. The first-order chi connectivity index (χ1) is 10.4. The molecule has 0 unspecified atom stereocenters. The number of unbranched alkanes of at least 4 members (excludes halogenated alkanes) is 1. The lowest BCUT2D eigenvalue weighted by Crippen LogP contribution is -2.21. The predicted octanol–water partition coefficient (Wildman–Crippen LogP) is 3.35. The Morgan fingerprint density at radius 3 is 2.68 bits per heavy atom. The van der Waals surface area contributed by atoms with Crippen molar-refractivity contribution in [1.82, 2.24) is 5.32 Å². The Morgan fingerprint density at radius 2 is 2.09 bits per heavy atom. The third kappa shape index (κ3) is 6.98. The van der Waals surface area contributed by atoms with Gasteiger partial charge in [-0.15, -0.1) is 4.68 Å². The third-order valence-corrected chi connectivity index (χ3v) is 3.72. The topological polar surface area (TPSA) is 65.8 Å². The molecule has 1 atom stereocenters. The van der Waals surface area contributed by atoms with Crippen molar-refractivity contribution in [3.63, 3.8) is 0 Å². The summed E-state index contributed by atoms with van der Waals surface area (Å²) in [4.78, 5) is 0. The average Bonchev–Trinajstić information content (AvgIpc) is 2.93. The monoisotopic (exact) mass is 305 g/mol. The van der Waals surface area contributed by atoms with Gasteiger partial charge in [-0.3, -0.25) is 0 Å². The van der Waals surface area contributed by atoms with E-state index in [-0.39, 0.29) is 6.04 Å². The number of nitrogens with two attached hydrogens (primary N) is 1. The maximum absolute atomic E-state index is 5.94. The molecule has 1 heterocycles. The van der Waals surface area contributed by atoms with E-state index >= 15 is 0 Å². The van der Waals surface area contributed by atoms with E-state index in [1.54, 1.807) is 0 Å². The summed E-state index contributed by atoms with van der Waals surface area (Å²) in [6.07, 6.45) is 6.99. The first-order valence-electron chi connectivity index (χ1n) is 8.13. The molecule has 123 valence electrons. The first kappa shape index (κ1) is 18.6. The molecule has 22 heavy (non-hydrogen) atoms. The number of rotatable bonds is 11. The van der Waals surface area contributed by atoms with Crippen molar-refractivity contribution >= 4 is 6.21 Å². The van der Waals surface area contributed by atoms with E-state index in [0.29, 0.717) is 6.04 Å². The maximum atomic E-state index is 5.94. The van der Waals surface area contributed by atoms with Crippen LogP contribution in [-0.4, -0.2) is 29.5 Å². The molecule has 0 saturated heterocycles. The summed E-state index contributed by atoms with van der Waals surface area (Å²) in [5, 5.41) is 11.7. The van der Waals surface area contributed by atoms with E-state index in [4.69, 9.17) is 5.73 Å². The highest BCUT2D eigenvalue weighted by Crippen LogP contribution is 2.17. The van der Waals surface area contributed by atoms with Crippen LogP contribution in [-0.2, 0) is 0 Å². The molecule has 5 heteroatoms. The summed E-state index contributed by atoms with van der Waals surface area (Å²) < 4.78 is 1.89. The van der Waals surface area contributed by atoms with Crippen molar-refractivity contribution in [1.29, 1.82) is 0 Å². The Hall–Kier alpha value is -1.49. The van der Waals surface area contributed by atoms with Crippen LogP contribution in [0.15, 0.2) is 34.8 Å². The van der Waals surface area contributed by atoms with E-state index < -0.39 is 0 Å². The lowest BCUT2D eigenvalue weighted by molar-refractivity contribution is -0.562. The molecule has 0 aromatic rings. The van der Waals surface area contributed by atoms with Crippen LogP contribution in [0.4, 0.5) is 0 Å². The van der Waals surface area contributed by atoms with Gasteiger partial charge in [0.2, 0.25) is 0 Å². The number of hydrogen-bond donors (Lipinski definition) is 2. The molecule has 1 aliphatic rings. The highest BCUT2D eigenvalue weighted by atomic mass is 15.5. The number of nitrogens with zero attached hydrogens (tertiary/aromatic N) is 3. The molecule has 5 nitrogen and oxygen atoms in total. The Bertz CT molecular complexity index is 436. The fraction of sp³-hybridized carbons (Fsp3) is 0.647. The molecule has 0 amide bonds. The largest absolute Gasteiger partial charge is 0.389 e. The van der Waals surface area contributed by atoms with Gasteiger partial charge in [0.05, 0.1) is 5.11 Å². The van der Waals surface area contributed by atoms with Gasteiger partial charge in [0.1, 0.15) is 11.3 Å². The molecule has 1 aliphatic heterocycles. The second-order valence-electron chi connectivity index (χ2n) is 6.26. The van der Waals surface area contributed by atoms with Gasteiger partial charge in [0.25, 0.3) is 6.04 Å². The fourth-order valence-corrected chi connectivity index (χ4v) is 2.05. The number of hydrogen-bond acceptors (Lipinski definition) is 4. The summed E-state index contributed by atoms with van der Waals surface area (Å²) in [7, 11) is 0. The molecular weight excluding hydrogens is 274 g/mol. The summed E-state index contributed by atoms with van der Waals surface area (Å²) in [6.45, 7) is 15.1. The molecule has 0 aromatic carbocycles. The molecular formula is C17H31N5+. The third-order valence-electron chi connectivity index (χ3n) is 3.72. The average molecular weight is 305 g/mol. The van der Waals surface area contributed by atoms with Crippen LogP contribution < -0.4 is 11.1 Å². The molecule has 0 bridgehead atoms.